The van der Waals surface area contributed by atoms with Gasteiger partial charge in [0.15, 0.2) is 0 Å². The van der Waals surface area contributed by atoms with Crippen LogP contribution in [0.3, 0.4) is 0 Å². The largest absolute Gasteiger partial charge is 0.465 e. The fraction of sp³-hybridized carbons (Fsp3) is 0.500. The van der Waals surface area contributed by atoms with E-state index in [0.717, 1.165) is 29.3 Å². The number of carbonyl (C=O) groups excluding carboxylic acids is 2. The van der Waals surface area contributed by atoms with Gasteiger partial charge < -0.3 is 9.30 Å². The second-order valence-corrected chi connectivity index (χ2v) is 8.10. The number of nitrogens with zero attached hydrogens (tertiary/aromatic N) is 2. The molecule has 148 valence electrons. The van der Waals surface area contributed by atoms with Gasteiger partial charge in [0.25, 0.3) is 0 Å². The summed E-state index contributed by atoms with van der Waals surface area (Å²) in [5, 5.41) is 5.20. The molecule has 1 N–H and O–H groups in total. The number of esters is 1. The maximum absolute atomic E-state index is 12.6. The first kappa shape index (κ1) is 18.7. The van der Waals surface area contributed by atoms with Gasteiger partial charge >= 0.3 is 5.97 Å². The topological polar surface area (TPSA) is 72.7 Å². The first-order chi connectivity index (χ1) is 13.5. The van der Waals surface area contributed by atoms with Gasteiger partial charge in [-0.15, -0.1) is 0 Å². The number of fused-ring (bicyclic) bond motifs is 2. The third-order valence-electron chi connectivity index (χ3n) is 6.42. The number of para-hydroxylation sites is 1. The number of amides is 1. The predicted molar refractivity (Wildman–Crippen MR) is 108 cm³/mol. The highest BCUT2D eigenvalue weighted by Gasteiger charge is 2.64. The van der Waals surface area contributed by atoms with Gasteiger partial charge in [-0.05, 0) is 37.2 Å². The fourth-order valence-corrected chi connectivity index (χ4v) is 4.94. The van der Waals surface area contributed by atoms with Crippen molar-refractivity contribution in [3.63, 3.8) is 0 Å². The van der Waals surface area contributed by atoms with Crippen molar-refractivity contribution in [1.82, 2.24) is 9.99 Å². The van der Waals surface area contributed by atoms with Crippen molar-refractivity contribution < 1.29 is 14.3 Å². The maximum Gasteiger partial charge on any atom is 0.325 e. The summed E-state index contributed by atoms with van der Waals surface area (Å²) in [5.41, 5.74) is 4.71. The molecule has 0 bridgehead atoms. The Hall–Kier alpha value is -2.63. The molecule has 4 rings (SSSR count). The van der Waals surface area contributed by atoms with E-state index in [4.69, 9.17) is 4.74 Å². The standard InChI is InChI=1S/C22H27N3O3/c1-3-28-19(26)14-25-13-15(16-8-4-5-10-18(16)25)12-23-24-21(27)20-17-9-6-7-11-22(17,20)2/h4-5,8,10,12-13,17,20H,3,6-7,9,11,14H2,1-2H3,(H,24,27)/b23-12-/t17-,20-,22+/m0/s1. The van der Waals surface area contributed by atoms with Crippen molar-refractivity contribution in [2.45, 2.75) is 46.1 Å². The van der Waals surface area contributed by atoms with Crippen molar-refractivity contribution in [1.29, 1.82) is 0 Å². The van der Waals surface area contributed by atoms with Crippen LogP contribution < -0.4 is 5.43 Å². The highest BCUT2D eigenvalue weighted by atomic mass is 16.5. The van der Waals surface area contributed by atoms with Gasteiger partial charge in [-0.3, -0.25) is 9.59 Å². The molecular formula is C22H27N3O3. The predicted octanol–water partition coefficient (Wildman–Crippen LogP) is 3.48. The molecule has 6 nitrogen and oxygen atoms in total. The molecule has 0 aliphatic heterocycles. The SMILES string of the molecule is CCOC(=O)Cn1cc(/C=N\NC(=O)[C@@H]2[C@@H]3CCCC[C@@]23C)c2ccccc21. The quantitative estimate of drug-likeness (QED) is 0.473. The highest BCUT2D eigenvalue weighted by molar-refractivity contribution is 6.00. The number of ether oxygens (including phenoxy) is 1. The minimum Gasteiger partial charge on any atom is -0.465 e. The molecular weight excluding hydrogens is 354 g/mol. The average Bonchev–Trinajstić information content (AvgIpc) is 3.18. The zero-order chi connectivity index (χ0) is 19.7. The number of benzene rings is 1. The number of nitrogens with one attached hydrogen (secondary N) is 1. The molecule has 6 heteroatoms. The van der Waals surface area contributed by atoms with E-state index in [2.05, 4.69) is 17.5 Å². The molecule has 1 aromatic carbocycles. The van der Waals surface area contributed by atoms with Gasteiger partial charge in [-0.25, -0.2) is 5.43 Å². The van der Waals surface area contributed by atoms with Crippen LogP contribution in [0.5, 0.6) is 0 Å². The first-order valence-electron chi connectivity index (χ1n) is 10.1. The molecule has 0 radical (unpaired) electrons. The Morgan fingerprint density at radius 1 is 1.36 bits per heavy atom. The van der Waals surface area contributed by atoms with Crippen LogP contribution in [0.1, 0.15) is 45.1 Å². The highest BCUT2D eigenvalue weighted by Crippen LogP contribution is 2.66. The average molecular weight is 381 g/mol. The van der Waals surface area contributed by atoms with Crippen LogP contribution in [0.4, 0.5) is 0 Å². The van der Waals surface area contributed by atoms with Crippen LogP contribution in [-0.2, 0) is 20.9 Å². The summed E-state index contributed by atoms with van der Waals surface area (Å²) in [6, 6.07) is 7.82. The minimum absolute atomic E-state index is 0.0286. The van der Waals surface area contributed by atoms with Gasteiger partial charge in [0.2, 0.25) is 5.91 Å². The molecule has 2 fully saturated rings. The Morgan fingerprint density at radius 3 is 2.93 bits per heavy atom. The number of hydrogen-bond acceptors (Lipinski definition) is 4. The van der Waals surface area contributed by atoms with Crippen molar-refractivity contribution in [2.75, 3.05) is 6.61 Å². The molecule has 0 saturated heterocycles. The summed E-state index contributed by atoms with van der Waals surface area (Å²) in [6.07, 6.45) is 8.28. The molecule has 3 atom stereocenters. The summed E-state index contributed by atoms with van der Waals surface area (Å²) < 4.78 is 6.91. The Kier molecular flexibility index (Phi) is 4.96. The van der Waals surface area contributed by atoms with E-state index in [1.54, 1.807) is 13.1 Å². The van der Waals surface area contributed by atoms with E-state index >= 15 is 0 Å². The summed E-state index contributed by atoms with van der Waals surface area (Å²) in [4.78, 5) is 24.4. The zero-order valence-corrected chi connectivity index (χ0v) is 16.5. The number of carbonyl (C=O) groups is 2. The van der Waals surface area contributed by atoms with Gasteiger partial charge in [-0.2, -0.15) is 5.10 Å². The van der Waals surface area contributed by atoms with E-state index in [1.165, 1.54) is 12.8 Å². The third-order valence-corrected chi connectivity index (χ3v) is 6.42. The van der Waals surface area contributed by atoms with Gasteiger partial charge in [0, 0.05) is 28.6 Å². The van der Waals surface area contributed by atoms with E-state index in [-0.39, 0.29) is 29.8 Å². The van der Waals surface area contributed by atoms with Crippen LogP contribution in [0.25, 0.3) is 10.9 Å². The Bertz CT molecular complexity index is 932. The summed E-state index contributed by atoms with van der Waals surface area (Å²) in [7, 11) is 0. The number of rotatable bonds is 6. The number of hydrazone groups is 1. The third kappa shape index (κ3) is 3.32. The van der Waals surface area contributed by atoms with Crippen LogP contribution >= 0.6 is 0 Å². The smallest absolute Gasteiger partial charge is 0.325 e. The Balaban J connectivity index is 1.47. The fourth-order valence-electron chi connectivity index (χ4n) is 4.94. The zero-order valence-electron chi connectivity index (χ0n) is 16.5. The van der Waals surface area contributed by atoms with Crippen LogP contribution in [0, 0.1) is 17.3 Å². The van der Waals surface area contributed by atoms with Gasteiger partial charge in [-0.1, -0.05) is 38.0 Å². The molecule has 2 saturated carbocycles. The summed E-state index contributed by atoms with van der Waals surface area (Å²) in [5.74, 6) is 0.366. The van der Waals surface area contributed by atoms with Crippen molar-refractivity contribution in [3.8, 4) is 0 Å². The normalized spacial score (nSPS) is 26.2. The van der Waals surface area contributed by atoms with Gasteiger partial charge in [0.1, 0.15) is 6.54 Å². The molecule has 1 aromatic heterocycles. The first-order valence-corrected chi connectivity index (χ1v) is 10.1. The molecule has 0 spiro atoms. The molecule has 2 aliphatic carbocycles. The summed E-state index contributed by atoms with van der Waals surface area (Å²) >= 11 is 0. The van der Waals surface area contributed by atoms with Crippen molar-refractivity contribution in [2.24, 2.45) is 22.4 Å². The lowest BCUT2D eigenvalue weighted by Gasteiger charge is -2.15. The molecule has 28 heavy (non-hydrogen) atoms. The molecule has 0 unspecified atom stereocenters. The number of hydrogen-bond donors (Lipinski definition) is 1. The molecule has 1 heterocycles. The lowest BCUT2D eigenvalue weighted by atomic mass is 9.90. The van der Waals surface area contributed by atoms with E-state index < -0.39 is 0 Å². The van der Waals surface area contributed by atoms with Crippen LogP contribution in [-0.4, -0.2) is 29.3 Å². The summed E-state index contributed by atoms with van der Waals surface area (Å²) in [6.45, 7) is 4.53. The van der Waals surface area contributed by atoms with Crippen LogP contribution in [0.2, 0.25) is 0 Å². The lowest BCUT2D eigenvalue weighted by Crippen LogP contribution is -2.22. The Labute approximate surface area is 164 Å². The number of aromatic nitrogens is 1. The second-order valence-electron chi connectivity index (χ2n) is 8.10. The van der Waals surface area contributed by atoms with E-state index in [0.29, 0.717) is 12.5 Å². The van der Waals surface area contributed by atoms with Crippen molar-refractivity contribution >= 4 is 29.0 Å². The van der Waals surface area contributed by atoms with Crippen LogP contribution in [0.15, 0.2) is 35.6 Å². The molecule has 2 aliphatic rings. The molecule has 2 aromatic rings. The van der Waals surface area contributed by atoms with E-state index in [9.17, 15) is 9.59 Å². The lowest BCUT2D eigenvalue weighted by molar-refractivity contribution is -0.143. The minimum atomic E-state index is -0.273. The van der Waals surface area contributed by atoms with E-state index in [1.807, 2.05) is 35.0 Å². The second kappa shape index (κ2) is 7.41. The monoisotopic (exact) mass is 381 g/mol. The van der Waals surface area contributed by atoms with Crippen molar-refractivity contribution in [3.05, 3.63) is 36.0 Å². The molecule has 1 amide bonds. The van der Waals surface area contributed by atoms with Gasteiger partial charge in [0.05, 0.1) is 12.8 Å². The maximum atomic E-state index is 12.6. The Morgan fingerprint density at radius 2 is 2.18 bits per heavy atom.